The molecule has 0 saturated carbocycles. The van der Waals surface area contributed by atoms with Crippen molar-refractivity contribution in [2.24, 2.45) is 0 Å². The van der Waals surface area contributed by atoms with Crippen molar-refractivity contribution in [3.8, 4) is 5.69 Å². The minimum absolute atomic E-state index is 0.271. The van der Waals surface area contributed by atoms with E-state index in [4.69, 9.17) is 11.6 Å². The first-order chi connectivity index (χ1) is 13.8. The number of amides is 1. The molecule has 0 aliphatic rings. The number of hydrogen-bond donors (Lipinski definition) is 1. The second kappa shape index (κ2) is 7.29. The van der Waals surface area contributed by atoms with Crippen molar-refractivity contribution in [3.05, 3.63) is 81.9 Å². The van der Waals surface area contributed by atoms with Crippen LogP contribution in [0.25, 0.3) is 16.7 Å². The summed E-state index contributed by atoms with van der Waals surface area (Å²) >= 11 is 6.17. The Labute approximate surface area is 172 Å². The number of carbonyl (C=O) groups excluding carboxylic acids is 1. The summed E-state index contributed by atoms with van der Waals surface area (Å²) in [5.41, 5.74) is 4.45. The molecule has 0 spiro atoms. The molecule has 2 aromatic carbocycles. The lowest BCUT2D eigenvalue weighted by Gasteiger charge is -2.11. The summed E-state index contributed by atoms with van der Waals surface area (Å²) in [4.78, 5) is 17.7. The predicted molar refractivity (Wildman–Crippen MR) is 112 cm³/mol. The maximum absolute atomic E-state index is 13.3. The van der Waals surface area contributed by atoms with Crippen molar-refractivity contribution in [2.45, 2.75) is 20.8 Å². The van der Waals surface area contributed by atoms with E-state index in [1.807, 2.05) is 20.8 Å². The first-order valence-electron chi connectivity index (χ1n) is 9.04. The van der Waals surface area contributed by atoms with E-state index in [0.717, 1.165) is 5.56 Å². The molecule has 2 aromatic heterocycles. The van der Waals surface area contributed by atoms with Crippen LogP contribution in [0, 0.1) is 26.6 Å². The lowest BCUT2D eigenvalue weighted by atomic mass is 10.1. The highest BCUT2D eigenvalue weighted by Gasteiger charge is 2.20. The topological polar surface area (TPSA) is 59.8 Å². The Morgan fingerprint density at radius 1 is 1.10 bits per heavy atom. The molecule has 4 rings (SSSR count). The zero-order chi connectivity index (χ0) is 20.7. The third kappa shape index (κ3) is 3.47. The number of anilines is 1. The van der Waals surface area contributed by atoms with Crippen molar-refractivity contribution in [3.63, 3.8) is 0 Å². The lowest BCUT2D eigenvalue weighted by Crippen LogP contribution is -2.14. The molecular formula is C22H18ClFN4O. The largest absolute Gasteiger partial charge is 0.322 e. The summed E-state index contributed by atoms with van der Waals surface area (Å²) in [7, 11) is 0. The molecule has 0 radical (unpaired) electrons. The van der Waals surface area contributed by atoms with Crippen LogP contribution in [0.1, 0.15) is 27.3 Å². The van der Waals surface area contributed by atoms with Crippen LogP contribution in [0.3, 0.4) is 0 Å². The van der Waals surface area contributed by atoms with E-state index in [0.29, 0.717) is 44.4 Å². The van der Waals surface area contributed by atoms with Crippen molar-refractivity contribution < 1.29 is 9.18 Å². The van der Waals surface area contributed by atoms with Crippen LogP contribution in [0.2, 0.25) is 5.02 Å². The van der Waals surface area contributed by atoms with Gasteiger partial charge in [-0.25, -0.2) is 14.1 Å². The number of carbonyl (C=O) groups is 1. The Balaban J connectivity index is 1.84. The molecule has 2 heterocycles. The molecule has 4 aromatic rings. The number of benzene rings is 2. The molecule has 0 atom stereocenters. The van der Waals surface area contributed by atoms with Crippen molar-refractivity contribution in [1.82, 2.24) is 14.8 Å². The maximum atomic E-state index is 13.3. The van der Waals surface area contributed by atoms with Gasteiger partial charge in [-0.2, -0.15) is 5.10 Å². The summed E-state index contributed by atoms with van der Waals surface area (Å²) in [5, 5.41) is 8.71. The van der Waals surface area contributed by atoms with Gasteiger partial charge in [0.2, 0.25) is 0 Å². The highest BCUT2D eigenvalue weighted by molar-refractivity contribution is 6.31. The number of nitrogens with zero attached hydrogens (tertiary/aromatic N) is 3. The van der Waals surface area contributed by atoms with Crippen LogP contribution in [0.4, 0.5) is 10.1 Å². The number of hydrogen-bond acceptors (Lipinski definition) is 3. The standard InChI is InChI=1S/C22H18ClFN4O/c1-12-11-17(22(29)26-19-6-4-5-18(23)13(19)2)20-14(3)27-28(21(20)25-12)16-9-7-15(24)8-10-16/h4-11H,1-3H3,(H,26,29). The van der Waals surface area contributed by atoms with Crippen LogP contribution in [0.15, 0.2) is 48.5 Å². The number of pyridine rings is 1. The zero-order valence-electron chi connectivity index (χ0n) is 16.1. The van der Waals surface area contributed by atoms with Crippen LogP contribution < -0.4 is 5.32 Å². The number of halogens is 2. The Hall–Kier alpha value is -3.25. The average Bonchev–Trinajstić information content (AvgIpc) is 3.01. The second-order valence-electron chi connectivity index (χ2n) is 6.85. The van der Waals surface area contributed by atoms with Crippen LogP contribution in [-0.4, -0.2) is 20.7 Å². The monoisotopic (exact) mass is 408 g/mol. The Kier molecular flexibility index (Phi) is 4.80. The van der Waals surface area contributed by atoms with Gasteiger partial charge in [-0.3, -0.25) is 4.79 Å². The second-order valence-corrected chi connectivity index (χ2v) is 7.26. The van der Waals surface area contributed by atoms with Gasteiger partial charge in [0.25, 0.3) is 5.91 Å². The fourth-order valence-electron chi connectivity index (χ4n) is 3.29. The smallest absolute Gasteiger partial charge is 0.256 e. The van der Waals surface area contributed by atoms with Gasteiger partial charge < -0.3 is 5.32 Å². The fraction of sp³-hybridized carbons (Fsp3) is 0.136. The molecule has 0 fully saturated rings. The third-order valence-corrected chi connectivity index (χ3v) is 5.18. The van der Waals surface area contributed by atoms with E-state index in [1.165, 1.54) is 12.1 Å². The number of nitrogens with one attached hydrogen (secondary N) is 1. The van der Waals surface area contributed by atoms with Gasteiger partial charge >= 0.3 is 0 Å². The number of aromatic nitrogens is 3. The minimum Gasteiger partial charge on any atom is -0.322 e. The Morgan fingerprint density at radius 3 is 2.55 bits per heavy atom. The normalized spacial score (nSPS) is 11.1. The molecule has 29 heavy (non-hydrogen) atoms. The van der Waals surface area contributed by atoms with E-state index < -0.39 is 0 Å². The summed E-state index contributed by atoms with van der Waals surface area (Å²) in [6.45, 7) is 5.49. The molecule has 0 bridgehead atoms. The van der Waals surface area contributed by atoms with E-state index in [2.05, 4.69) is 15.4 Å². The van der Waals surface area contributed by atoms with E-state index in [1.54, 1.807) is 41.1 Å². The molecule has 0 aliphatic carbocycles. The third-order valence-electron chi connectivity index (χ3n) is 4.77. The number of fused-ring (bicyclic) bond motifs is 1. The van der Waals surface area contributed by atoms with Crippen molar-refractivity contribution >= 4 is 34.2 Å². The summed E-state index contributed by atoms with van der Waals surface area (Å²) < 4.78 is 14.9. The molecule has 1 N–H and O–H groups in total. The minimum atomic E-state index is -0.331. The molecule has 0 aliphatic heterocycles. The Morgan fingerprint density at radius 2 is 1.83 bits per heavy atom. The van der Waals surface area contributed by atoms with Crippen LogP contribution in [-0.2, 0) is 0 Å². The van der Waals surface area contributed by atoms with Gasteiger partial charge in [-0.05, 0) is 68.8 Å². The first kappa shape index (κ1) is 19.1. The van der Waals surface area contributed by atoms with Crippen LogP contribution in [0.5, 0.6) is 0 Å². The van der Waals surface area contributed by atoms with Gasteiger partial charge in [0.1, 0.15) is 5.82 Å². The quantitative estimate of drug-likeness (QED) is 0.494. The first-order valence-corrected chi connectivity index (χ1v) is 9.42. The highest BCUT2D eigenvalue weighted by Crippen LogP contribution is 2.27. The fourth-order valence-corrected chi connectivity index (χ4v) is 3.46. The summed E-state index contributed by atoms with van der Waals surface area (Å²) in [6.07, 6.45) is 0. The predicted octanol–water partition coefficient (Wildman–Crippen LogP) is 5.39. The summed E-state index contributed by atoms with van der Waals surface area (Å²) in [5.74, 6) is -0.601. The number of aryl methyl sites for hydroxylation is 2. The molecule has 0 unspecified atom stereocenters. The zero-order valence-corrected chi connectivity index (χ0v) is 16.9. The molecule has 5 nitrogen and oxygen atoms in total. The Bertz CT molecular complexity index is 1250. The molecule has 0 saturated heterocycles. The molecular weight excluding hydrogens is 391 g/mol. The van der Waals surface area contributed by atoms with Gasteiger partial charge in [0.15, 0.2) is 5.65 Å². The molecule has 1 amide bonds. The van der Waals surface area contributed by atoms with Gasteiger partial charge in [-0.1, -0.05) is 17.7 Å². The SMILES string of the molecule is Cc1cc(C(=O)Nc2cccc(Cl)c2C)c2c(C)nn(-c3ccc(F)cc3)c2n1. The van der Waals surface area contributed by atoms with Crippen molar-refractivity contribution in [2.75, 3.05) is 5.32 Å². The van der Waals surface area contributed by atoms with Gasteiger partial charge in [-0.15, -0.1) is 0 Å². The molecule has 146 valence electrons. The van der Waals surface area contributed by atoms with Crippen molar-refractivity contribution in [1.29, 1.82) is 0 Å². The molecule has 7 heteroatoms. The maximum Gasteiger partial charge on any atom is 0.256 e. The van der Waals surface area contributed by atoms with E-state index >= 15 is 0 Å². The highest BCUT2D eigenvalue weighted by atomic mass is 35.5. The average molecular weight is 409 g/mol. The van der Waals surface area contributed by atoms with E-state index in [9.17, 15) is 9.18 Å². The lowest BCUT2D eigenvalue weighted by molar-refractivity contribution is 0.102. The van der Waals surface area contributed by atoms with E-state index in [-0.39, 0.29) is 11.7 Å². The summed E-state index contributed by atoms with van der Waals surface area (Å²) in [6, 6.07) is 13.1. The number of rotatable bonds is 3. The van der Waals surface area contributed by atoms with Gasteiger partial charge in [0.05, 0.1) is 22.3 Å². The van der Waals surface area contributed by atoms with Crippen LogP contribution >= 0.6 is 11.6 Å². The van der Waals surface area contributed by atoms with Gasteiger partial charge in [0, 0.05) is 16.4 Å².